The first-order valence-electron chi connectivity index (χ1n) is 5.48. The highest BCUT2D eigenvalue weighted by atomic mass is 32.1. The van der Waals surface area contributed by atoms with Crippen molar-refractivity contribution in [3.63, 3.8) is 0 Å². The van der Waals surface area contributed by atoms with Crippen LogP contribution in [-0.4, -0.2) is 4.98 Å². The predicted octanol–water partition coefficient (Wildman–Crippen LogP) is 4.78. The molecule has 1 aromatic rings. The molecule has 0 aliphatic heterocycles. The van der Waals surface area contributed by atoms with Crippen molar-refractivity contribution in [2.24, 2.45) is 5.92 Å². The third kappa shape index (κ3) is 5.53. The number of allylic oxidation sites excluding steroid dienone is 4. The lowest BCUT2D eigenvalue weighted by Crippen LogP contribution is -1.81. The molecule has 2 heteroatoms. The van der Waals surface area contributed by atoms with Gasteiger partial charge in [0.15, 0.2) is 0 Å². The molecule has 0 atom stereocenters. The molecule has 0 aromatic carbocycles. The zero-order valence-electron chi connectivity index (χ0n) is 10.3. The van der Waals surface area contributed by atoms with Crippen molar-refractivity contribution in [1.29, 1.82) is 0 Å². The number of hydrogen-bond acceptors (Lipinski definition) is 2. The maximum absolute atomic E-state index is 4.26. The Morgan fingerprint density at radius 3 is 2.47 bits per heavy atom. The Morgan fingerprint density at radius 1 is 1.40 bits per heavy atom. The van der Waals surface area contributed by atoms with E-state index in [2.05, 4.69) is 37.1 Å². The third-order valence-corrected chi connectivity index (χ3v) is 2.47. The van der Waals surface area contributed by atoms with Gasteiger partial charge in [-0.2, -0.15) is 0 Å². The van der Waals surface area contributed by atoms with E-state index in [-0.39, 0.29) is 0 Å². The smallest absolute Gasteiger partial charge is 0.122 e. The van der Waals surface area contributed by atoms with Gasteiger partial charge in [0.2, 0.25) is 0 Å². The van der Waals surface area contributed by atoms with Crippen molar-refractivity contribution in [1.82, 2.24) is 4.98 Å². The summed E-state index contributed by atoms with van der Waals surface area (Å²) < 4.78 is 0. The summed E-state index contributed by atoms with van der Waals surface area (Å²) in [5, 5.41) is 3.10. The second kappa shape index (κ2) is 8.42. The fraction of sp³-hybridized carbons (Fsp3) is 0.462. The molecule has 0 unspecified atom stereocenters. The normalized spacial score (nSPS) is 11.7. The molecular formula is C13H21NS. The van der Waals surface area contributed by atoms with Gasteiger partial charge >= 0.3 is 0 Å². The Kier molecular flexibility index (Phi) is 7.92. The molecule has 15 heavy (non-hydrogen) atoms. The Balaban J connectivity index is 0.000000921. The van der Waals surface area contributed by atoms with Crippen molar-refractivity contribution >= 4 is 16.9 Å². The fourth-order valence-electron chi connectivity index (χ4n) is 0.953. The number of aromatic nitrogens is 1. The topological polar surface area (TPSA) is 12.9 Å². The molecule has 0 saturated heterocycles. The second-order valence-electron chi connectivity index (χ2n) is 3.18. The van der Waals surface area contributed by atoms with Crippen molar-refractivity contribution < 1.29 is 0 Å². The van der Waals surface area contributed by atoms with Gasteiger partial charge in [0, 0.05) is 17.2 Å². The van der Waals surface area contributed by atoms with Crippen LogP contribution in [0, 0.1) is 5.92 Å². The van der Waals surface area contributed by atoms with Crippen LogP contribution in [0.15, 0.2) is 29.8 Å². The summed E-state index contributed by atoms with van der Waals surface area (Å²) >= 11 is 1.68. The summed E-state index contributed by atoms with van der Waals surface area (Å²) in [4.78, 5) is 4.26. The first-order valence-corrected chi connectivity index (χ1v) is 6.36. The van der Waals surface area contributed by atoms with Crippen LogP contribution in [0.3, 0.4) is 0 Å². The molecule has 1 rings (SSSR count). The Bertz CT molecular complexity index is 294. The van der Waals surface area contributed by atoms with Crippen LogP contribution in [0.2, 0.25) is 0 Å². The average molecular weight is 223 g/mol. The molecule has 0 radical (unpaired) electrons. The molecule has 0 spiro atoms. The highest BCUT2D eigenvalue weighted by Crippen LogP contribution is 2.18. The lowest BCUT2D eigenvalue weighted by molar-refractivity contribution is 0.832. The molecule has 0 bridgehead atoms. The SMILES string of the molecule is C/C=C(\C=C/C(C)C)c1nccs1.CC. The molecule has 0 fully saturated rings. The van der Waals surface area contributed by atoms with Gasteiger partial charge in [0.05, 0.1) is 0 Å². The summed E-state index contributed by atoms with van der Waals surface area (Å²) in [6.07, 6.45) is 8.27. The molecular weight excluding hydrogens is 202 g/mol. The van der Waals surface area contributed by atoms with Crippen LogP contribution in [0.5, 0.6) is 0 Å². The van der Waals surface area contributed by atoms with Gasteiger partial charge in [0.1, 0.15) is 5.01 Å². The third-order valence-electron chi connectivity index (χ3n) is 1.65. The average Bonchev–Trinajstić information content (AvgIpc) is 2.75. The van der Waals surface area contributed by atoms with Gasteiger partial charge in [-0.05, 0) is 12.8 Å². The summed E-state index contributed by atoms with van der Waals surface area (Å²) in [6.45, 7) is 10.4. The zero-order valence-corrected chi connectivity index (χ0v) is 11.1. The molecule has 0 aliphatic carbocycles. The lowest BCUT2D eigenvalue weighted by Gasteiger charge is -1.97. The van der Waals surface area contributed by atoms with Gasteiger partial charge in [-0.1, -0.05) is 45.9 Å². The van der Waals surface area contributed by atoms with E-state index < -0.39 is 0 Å². The van der Waals surface area contributed by atoms with Crippen molar-refractivity contribution in [3.8, 4) is 0 Å². The van der Waals surface area contributed by atoms with Crippen LogP contribution in [-0.2, 0) is 0 Å². The highest BCUT2D eigenvalue weighted by molar-refractivity contribution is 7.10. The molecule has 0 N–H and O–H groups in total. The van der Waals surface area contributed by atoms with Gasteiger partial charge in [0.25, 0.3) is 0 Å². The van der Waals surface area contributed by atoms with E-state index in [1.165, 1.54) is 5.57 Å². The summed E-state index contributed by atoms with van der Waals surface area (Å²) in [6, 6.07) is 0. The van der Waals surface area contributed by atoms with Crippen LogP contribution in [0.25, 0.3) is 5.57 Å². The van der Waals surface area contributed by atoms with E-state index in [4.69, 9.17) is 0 Å². The number of rotatable bonds is 3. The van der Waals surface area contributed by atoms with Gasteiger partial charge in [-0.15, -0.1) is 11.3 Å². The molecule has 0 aliphatic rings. The minimum absolute atomic E-state index is 0.593. The van der Waals surface area contributed by atoms with Gasteiger partial charge < -0.3 is 0 Å². The lowest BCUT2D eigenvalue weighted by atomic mass is 10.1. The van der Waals surface area contributed by atoms with Crippen molar-refractivity contribution in [2.45, 2.75) is 34.6 Å². The van der Waals surface area contributed by atoms with Crippen LogP contribution < -0.4 is 0 Å². The first-order chi connectivity index (χ1) is 7.24. The molecule has 1 nitrogen and oxygen atoms in total. The van der Waals surface area contributed by atoms with Crippen LogP contribution >= 0.6 is 11.3 Å². The van der Waals surface area contributed by atoms with Crippen LogP contribution in [0.1, 0.15) is 39.6 Å². The van der Waals surface area contributed by atoms with E-state index in [1.807, 2.05) is 32.3 Å². The van der Waals surface area contributed by atoms with E-state index in [1.54, 1.807) is 11.3 Å². The molecule has 1 heterocycles. The van der Waals surface area contributed by atoms with Crippen molar-refractivity contribution in [2.75, 3.05) is 0 Å². The highest BCUT2D eigenvalue weighted by Gasteiger charge is 1.98. The molecule has 1 aromatic heterocycles. The van der Waals surface area contributed by atoms with Gasteiger partial charge in [-0.3, -0.25) is 0 Å². The van der Waals surface area contributed by atoms with Crippen LogP contribution in [0.4, 0.5) is 0 Å². The maximum atomic E-state index is 4.26. The Labute approximate surface area is 97.6 Å². The van der Waals surface area contributed by atoms with E-state index in [0.717, 1.165) is 5.01 Å². The minimum Gasteiger partial charge on any atom is -0.245 e. The second-order valence-corrected chi connectivity index (χ2v) is 4.08. The number of thiazole rings is 1. The largest absolute Gasteiger partial charge is 0.245 e. The Morgan fingerprint density at radius 2 is 2.07 bits per heavy atom. The summed E-state index contributed by atoms with van der Waals surface area (Å²) in [5.74, 6) is 0.593. The van der Waals surface area contributed by atoms with Crippen molar-refractivity contribution in [3.05, 3.63) is 34.8 Å². The quantitative estimate of drug-likeness (QED) is 0.672. The standard InChI is InChI=1S/C11H15NS.C2H6/c1-4-10(6-5-9(2)3)11-12-7-8-13-11;1-2/h4-9H,1-3H3;1-2H3/b6-5-,10-4+;. The maximum Gasteiger partial charge on any atom is 0.122 e. The predicted molar refractivity (Wildman–Crippen MR) is 71.1 cm³/mol. The number of hydrogen-bond donors (Lipinski definition) is 0. The van der Waals surface area contributed by atoms with E-state index >= 15 is 0 Å². The Hall–Kier alpha value is -0.890. The summed E-state index contributed by atoms with van der Waals surface area (Å²) in [5.41, 5.74) is 1.21. The van der Waals surface area contributed by atoms with E-state index in [0.29, 0.717) is 5.92 Å². The fourth-order valence-corrected chi connectivity index (χ4v) is 1.65. The van der Waals surface area contributed by atoms with Gasteiger partial charge in [-0.25, -0.2) is 4.98 Å². The first kappa shape index (κ1) is 14.1. The summed E-state index contributed by atoms with van der Waals surface area (Å²) in [7, 11) is 0. The number of nitrogens with zero attached hydrogens (tertiary/aromatic N) is 1. The van der Waals surface area contributed by atoms with E-state index in [9.17, 15) is 0 Å². The molecule has 84 valence electrons. The molecule has 0 amide bonds. The molecule has 0 saturated carbocycles. The zero-order chi connectivity index (χ0) is 11.7. The minimum atomic E-state index is 0.593. The monoisotopic (exact) mass is 223 g/mol.